The number of hydrazine groups is 4. The van der Waals surface area contributed by atoms with Gasteiger partial charge < -0.3 is 24.3 Å². The molecule has 0 spiro atoms. The van der Waals surface area contributed by atoms with Gasteiger partial charge in [0.25, 0.3) is 17.7 Å². The van der Waals surface area contributed by atoms with Crippen LogP contribution in [-0.4, -0.2) is 211 Å². The van der Waals surface area contributed by atoms with Gasteiger partial charge in [-0.05, 0) is 97.8 Å². The lowest BCUT2D eigenvalue weighted by Crippen LogP contribution is -2.61. The monoisotopic (exact) mass is 854 g/mol. The van der Waals surface area contributed by atoms with Gasteiger partial charge in [0.15, 0.2) is 0 Å². The molecule has 0 aliphatic carbocycles. The van der Waals surface area contributed by atoms with Crippen molar-refractivity contribution >= 4 is 47.8 Å². The van der Waals surface area contributed by atoms with Crippen molar-refractivity contribution in [2.45, 2.75) is 128 Å². The van der Waals surface area contributed by atoms with Crippen LogP contribution in [0.1, 0.15) is 97.8 Å². The number of ether oxygens (including phenoxy) is 1. The van der Waals surface area contributed by atoms with E-state index in [0.29, 0.717) is 136 Å². The topological polar surface area (TPSA) is 193 Å². The van der Waals surface area contributed by atoms with Gasteiger partial charge >= 0.3 is 30.1 Å². The number of hydrogen-bond acceptors (Lipinski definition) is 10. The Labute approximate surface area is 356 Å². The first-order valence-electron chi connectivity index (χ1n) is 22.5. The summed E-state index contributed by atoms with van der Waals surface area (Å²) < 4.78 is 5.60. The molecule has 21 heteroatoms. The largest absolute Gasteiger partial charge is 0.458 e. The molecule has 0 radical (unpaired) electrons. The summed E-state index contributed by atoms with van der Waals surface area (Å²) in [4.78, 5) is 118. The first kappa shape index (κ1) is 42.6. The Morgan fingerprint density at radius 1 is 0.410 bits per heavy atom. The molecule has 336 valence electrons. The average Bonchev–Trinajstić information content (AvgIpc) is 4.10. The lowest BCUT2D eigenvalue weighted by atomic mass is 10.1. The predicted molar refractivity (Wildman–Crippen MR) is 215 cm³/mol. The quantitative estimate of drug-likeness (QED) is 0.403. The van der Waals surface area contributed by atoms with Gasteiger partial charge in [-0.15, -0.1) is 0 Å². The zero-order valence-corrected chi connectivity index (χ0v) is 35.9. The molecular formula is C40H62N12O9. The zero-order valence-electron chi connectivity index (χ0n) is 35.9. The first-order valence-corrected chi connectivity index (χ1v) is 22.5. The Morgan fingerprint density at radius 2 is 0.754 bits per heavy atom. The van der Waals surface area contributed by atoms with E-state index in [9.17, 15) is 38.4 Å². The van der Waals surface area contributed by atoms with Gasteiger partial charge in [-0.3, -0.25) is 19.4 Å². The number of rotatable bonds is 4. The Morgan fingerprint density at radius 3 is 1.11 bits per heavy atom. The maximum atomic E-state index is 14.4. The van der Waals surface area contributed by atoms with Crippen molar-refractivity contribution in [3.8, 4) is 0 Å². The third kappa shape index (κ3) is 8.20. The summed E-state index contributed by atoms with van der Waals surface area (Å²) in [6.07, 6.45) is 6.70. The summed E-state index contributed by atoms with van der Waals surface area (Å²) in [5.74, 6) is -1.53. The van der Waals surface area contributed by atoms with E-state index in [1.807, 2.05) is 0 Å². The van der Waals surface area contributed by atoms with E-state index in [0.717, 1.165) is 6.42 Å². The number of carbonyl (C=O) groups excluding carboxylic acids is 8. The van der Waals surface area contributed by atoms with E-state index >= 15 is 0 Å². The Hall–Kier alpha value is -5.08. The first-order chi connectivity index (χ1) is 29.2. The second-order valence-corrected chi connectivity index (χ2v) is 18.3. The van der Waals surface area contributed by atoms with Crippen molar-refractivity contribution in [2.75, 3.05) is 78.5 Å². The maximum absolute atomic E-state index is 14.4. The average molecular weight is 855 g/mol. The van der Waals surface area contributed by atoms with Gasteiger partial charge in [0.1, 0.15) is 29.8 Å². The van der Waals surface area contributed by atoms with Crippen molar-refractivity contribution in [2.24, 2.45) is 0 Å². The van der Waals surface area contributed by atoms with E-state index in [-0.39, 0.29) is 36.8 Å². The van der Waals surface area contributed by atoms with Crippen molar-refractivity contribution in [1.82, 2.24) is 60.1 Å². The summed E-state index contributed by atoms with van der Waals surface area (Å²) in [5, 5.41) is 10.0. The summed E-state index contributed by atoms with van der Waals surface area (Å²) in [7, 11) is 0. The molecule has 4 atom stereocenters. The number of urea groups is 4. The van der Waals surface area contributed by atoms with E-state index in [1.165, 1.54) is 44.8 Å². The van der Waals surface area contributed by atoms with E-state index in [4.69, 9.17) is 4.74 Å². The van der Waals surface area contributed by atoms with Gasteiger partial charge in [-0.2, -0.15) is 0 Å². The Kier molecular flexibility index (Phi) is 12.1. The number of nitrogens with one attached hydrogen (secondary N) is 1. The molecule has 8 aliphatic rings. The van der Waals surface area contributed by atoms with Crippen LogP contribution < -0.4 is 5.43 Å². The highest BCUT2D eigenvalue weighted by Crippen LogP contribution is 2.31. The predicted octanol–water partition coefficient (Wildman–Crippen LogP) is 1.22. The summed E-state index contributed by atoms with van der Waals surface area (Å²) in [6.45, 7) is 9.80. The SMILES string of the molecule is CC(C)(C)OC(=O)[C@@H]1CCCN1C(=O)N1CCCN1C(=O)[C@@H]1CCCN1C(=O)N1CCCN1C(=O)[C@@H]1CCCN1C(=O)N1CCCN1C(=O)[C@@H]1CCCN1C(=O)N1CCCN1. The molecule has 0 saturated carbocycles. The number of nitrogens with zero attached hydrogens (tertiary/aromatic N) is 11. The number of carbonyl (C=O) groups is 8. The lowest BCUT2D eigenvalue weighted by molar-refractivity contribution is -0.160. The van der Waals surface area contributed by atoms with Gasteiger partial charge in [0.05, 0.1) is 0 Å². The van der Waals surface area contributed by atoms with Crippen molar-refractivity contribution in [3.05, 3.63) is 0 Å². The fourth-order valence-corrected chi connectivity index (χ4v) is 10.3. The second kappa shape index (κ2) is 17.4. The number of hydrogen-bond donors (Lipinski definition) is 1. The molecule has 8 rings (SSSR count). The van der Waals surface area contributed by atoms with Crippen molar-refractivity contribution < 1.29 is 43.1 Å². The molecule has 8 fully saturated rings. The van der Waals surface area contributed by atoms with Crippen LogP contribution in [-0.2, 0) is 23.9 Å². The summed E-state index contributed by atoms with van der Waals surface area (Å²) >= 11 is 0. The van der Waals surface area contributed by atoms with E-state index in [1.54, 1.807) is 30.7 Å². The van der Waals surface area contributed by atoms with Crippen LogP contribution >= 0.6 is 0 Å². The van der Waals surface area contributed by atoms with E-state index in [2.05, 4.69) is 5.43 Å². The highest BCUT2D eigenvalue weighted by molar-refractivity contribution is 5.94. The second-order valence-electron chi connectivity index (χ2n) is 18.3. The van der Waals surface area contributed by atoms with E-state index < -0.39 is 53.8 Å². The molecular weight excluding hydrogens is 793 g/mol. The van der Waals surface area contributed by atoms with Gasteiger partial charge in [-0.1, -0.05) is 0 Å². The molecule has 21 nitrogen and oxygen atoms in total. The molecule has 0 aromatic heterocycles. The van der Waals surface area contributed by atoms with Gasteiger partial charge in [-0.25, -0.2) is 59.5 Å². The Balaban J connectivity index is 0.907. The number of amides is 11. The van der Waals surface area contributed by atoms with Crippen LogP contribution in [0.5, 0.6) is 0 Å². The fourth-order valence-electron chi connectivity index (χ4n) is 10.3. The minimum Gasteiger partial charge on any atom is -0.458 e. The molecule has 1 N–H and O–H groups in total. The molecule has 8 heterocycles. The molecule has 0 bridgehead atoms. The standard InChI is InChI=1S/C40H62N12O9/c1-40(2,3)61-35(56)31-15-7-20-45(31)39(60)52-27-11-24-49(52)34(55)30-14-6-19-44(30)38(59)51-26-10-23-48(51)33(54)29-13-5-18-43(29)37(58)50-25-9-22-47(50)32(53)28-12-4-17-42(28)36(57)46-21-8-16-41-46/h28-31,41H,4-27H2,1-3H3/t28-,29-,30-,31-/m0/s1. The highest BCUT2D eigenvalue weighted by atomic mass is 16.6. The molecule has 0 aromatic carbocycles. The molecule has 0 unspecified atom stereocenters. The minimum atomic E-state index is -0.848. The van der Waals surface area contributed by atoms with Gasteiger partial charge in [0.2, 0.25) is 0 Å². The highest BCUT2D eigenvalue weighted by Gasteiger charge is 2.50. The Bertz CT molecular complexity index is 1770. The minimum absolute atomic E-state index is 0.231. The van der Waals surface area contributed by atoms with Gasteiger partial charge in [0, 0.05) is 78.5 Å². The molecule has 61 heavy (non-hydrogen) atoms. The maximum Gasteiger partial charge on any atom is 0.339 e. The lowest BCUT2D eigenvalue weighted by Gasteiger charge is -2.39. The normalized spacial score (nSPS) is 27.1. The third-order valence-electron chi connectivity index (χ3n) is 13.1. The van der Waals surface area contributed by atoms with Crippen LogP contribution in [0.25, 0.3) is 0 Å². The molecule has 8 aliphatic heterocycles. The smallest absolute Gasteiger partial charge is 0.339 e. The van der Waals surface area contributed by atoms with Crippen LogP contribution in [0.15, 0.2) is 0 Å². The number of likely N-dealkylation sites (tertiary alicyclic amines) is 4. The van der Waals surface area contributed by atoms with Crippen LogP contribution in [0.4, 0.5) is 19.2 Å². The zero-order chi connectivity index (χ0) is 43.2. The molecule has 0 aromatic rings. The molecule has 11 amide bonds. The molecule has 8 saturated heterocycles. The van der Waals surface area contributed by atoms with Crippen LogP contribution in [0.3, 0.4) is 0 Å². The third-order valence-corrected chi connectivity index (χ3v) is 13.1. The summed E-state index contributed by atoms with van der Waals surface area (Å²) in [6, 6.07) is -4.71. The van der Waals surface area contributed by atoms with Crippen molar-refractivity contribution in [3.63, 3.8) is 0 Å². The van der Waals surface area contributed by atoms with Crippen molar-refractivity contribution in [1.29, 1.82) is 0 Å². The fraction of sp³-hybridized carbons (Fsp3) is 0.800. The summed E-state index contributed by atoms with van der Waals surface area (Å²) in [5.41, 5.74) is 2.36. The number of esters is 1. The van der Waals surface area contributed by atoms with Crippen LogP contribution in [0, 0.1) is 0 Å². The van der Waals surface area contributed by atoms with Crippen LogP contribution in [0.2, 0.25) is 0 Å².